The molecule has 0 fully saturated rings. The Labute approximate surface area is 156 Å². The molecular weight excluding hydrogens is 324 g/mol. The fourth-order valence-electron chi connectivity index (χ4n) is 2.81. The van der Waals surface area contributed by atoms with Gasteiger partial charge in [-0.15, -0.1) is 0 Å². The zero-order valence-electron chi connectivity index (χ0n) is 15.0. The molecule has 0 aliphatic carbocycles. The predicted molar refractivity (Wildman–Crippen MR) is 111 cm³/mol. The van der Waals surface area contributed by atoms with Gasteiger partial charge < -0.3 is 0 Å². The van der Waals surface area contributed by atoms with Crippen LogP contribution in [0, 0.1) is 11.8 Å². The number of ketones is 1. The maximum atomic E-state index is 12.3. The zero-order chi connectivity index (χ0) is 18.1. The average molecular weight is 351 g/mol. The average Bonchev–Trinajstić information content (AvgIpc) is 2.61. The maximum Gasteiger partial charge on any atom is 0.156 e. The first-order chi connectivity index (χ1) is 12.0. The first-order valence-corrected chi connectivity index (χ1v) is 9.27. The van der Waals surface area contributed by atoms with E-state index < -0.39 is 0 Å². The minimum Gasteiger partial charge on any atom is -0.295 e. The quantitative estimate of drug-likeness (QED) is 0.411. The van der Waals surface area contributed by atoms with E-state index in [9.17, 15) is 4.79 Å². The van der Waals surface area contributed by atoms with Gasteiger partial charge in [-0.2, -0.15) is 0 Å². The lowest BCUT2D eigenvalue weighted by atomic mass is 9.85. The summed E-state index contributed by atoms with van der Waals surface area (Å²) < 4.78 is 0. The molecule has 1 nitrogen and oxygen atoms in total. The van der Waals surface area contributed by atoms with Gasteiger partial charge in [0.2, 0.25) is 0 Å². The summed E-state index contributed by atoms with van der Waals surface area (Å²) in [7, 11) is 0. The molecule has 0 heterocycles. The van der Waals surface area contributed by atoms with Crippen LogP contribution in [0.5, 0.6) is 0 Å². The smallest absolute Gasteiger partial charge is 0.156 e. The van der Waals surface area contributed by atoms with Crippen LogP contribution in [0.15, 0.2) is 66.7 Å². The van der Waals surface area contributed by atoms with Crippen molar-refractivity contribution in [2.45, 2.75) is 33.1 Å². The molecule has 0 aliphatic heterocycles. The van der Waals surface area contributed by atoms with E-state index in [1.807, 2.05) is 54.6 Å². The Kier molecular flexibility index (Phi) is 7.75. The summed E-state index contributed by atoms with van der Waals surface area (Å²) in [5.74, 6) is 0.900. The highest BCUT2D eigenvalue weighted by Crippen LogP contribution is 2.22. The van der Waals surface area contributed by atoms with Crippen molar-refractivity contribution in [3.8, 4) is 0 Å². The molecular formula is C23H26OS. The van der Waals surface area contributed by atoms with Gasteiger partial charge in [-0.3, -0.25) is 4.79 Å². The van der Waals surface area contributed by atoms with Crippen LogP contribution in [0.1, 0.15) is 37.8 Å². The number of thiocarbonyl (C=S) groups is 1. The minimum atomic E-state index is 0.171. The van der Waals surface area contributed by atoms with Crippen molar-refractivity contribution >= 4 is 28.9 Å². The molecule has 0 amide bonds. The lowest BCUT2D eigenvalue weighted by Gasteiger charge is -2.20. The van der Waals surface area contributed by atoms with Gasteiger partial charge in [0.25, 0.3) is 0 Å². The van der Waals surface area contributed by atoms with E-state index in [1.165, 1.54) is 5.56 Å². The van der Waals surface area contributed by atoms with Crippen molar-refractivity contribution in [3.05, 3.63) is 77.9 Å². The Morgan fingerprint density at radius 1 is 0.960 bits per heavy atom. The normalized spacial score (nSPS) is 12.4. The number of carbonyl (C=O) groups is 1. The zero-order valence-corrected chi connectivity index (χ0v) is 15.8. The monoisotopic (exact) mass is 350 g/mol. The van der Waals surface area contributed by atoms with Crippen molar-refractivity contribution in [1.29, 1.82) is 0 Å². The van der Waals surface area contributed by atoms with Crippen LogP contribution in [0.25, 0.3) is 6.08 Å². The largest absolute Gasteiger partial charge is 0.295 e. The van der Waals surface area contributed by atoms with E-state index in [0.717, 1.165) is 23.3 Å². The first kappa shape index (κ1) is 19.3. The number of hydrogen-bond acceptors (Lipinski definition) is 2. The third-order valence-corrected chi connectivity index (χ3v) is 4.71. The van der Waals surface area contributed by atoms with Crippen molar-refractivity contribution in [2.24, 2.45) is 11.8 Å². The number of hydrogen-bond donors (Lipinski definition) is 0. The van der Waals surface area contributed by atoms with E-state index >= 15 is 0 Å². The number of allylic oxidation sites excluding steroid dienone is 1. The molecule has 2 rings (SSSR count). The second-order valence-electron chi connectivity index (χ2n) is 6.82. The van der Waals surface area contributed by atoms with Crippen LogP contribution in [0.3, 0.4) is 0 Å². The standard InChI is InChI=1S/C23H26OS/c1-18(2)21(17-23(25)15-20-11-7-4-8-12-20)16-22(24)14-13-19-9-5-3-6-10-19/h3-14,18,21H,15-17H2,1-2H3/b14-13+. The van der Waals surface area contributed by atoms with Crippen LogP contribution >= 0.6 is 12.2 Å². The van der Waals surface area contributed by atoms with Gasteiger partial charge in [0.1, 0.15) is 0 Å². The molecule has 0 N–H and O–H groups in total. The Balaban J connectivity index is 1.90. The summed E-state index contributed by atoms with van der Waals surface area (Å²) in [5.41, 5.74) is 2.29. The van der Waals surface area contributed by atoms with E-state index in [0.29, 0.717) is 18.3 Å². The summed E-state index contributed by atoms with van der Waals surface area (Å²) >= 11 is 5.60. The van der Waals surface area contributed by atoms with Crippen LogP contribution in [-0.4, -0.2) is 10.6 Å². The van der Waals surface area contributed by atoms with Gasteiger partial charge in [-0.25, -0.2) is 0 Å². The van der Waals surface area contributed by atoms with Gasteiger partial charge in [0, 0.05) is 12.8 Å². The van der Waals surface area contributed by atoms with Crippen LogP contribution in [0.4, 0.5) is 0 Å². The molecule has 2 aromatic carbocycles. The first-order valence-electron chi connectivity index (χ1n) is 8.86. The van der Waals surface area contributed by atoms with E-state index in [4.69, 9.17) is 12.2 Å². The van der Waals surface area contributed by atoms with Crippen molar-refractivity contribution in [3.63, 3.8) is 0 Å². The highest BCUT2D eigenvalue weighted by Gasteiger charge is 2.18. The molecule has 0 saturated heterocycles. The summed E-state index contributed by atoms with van der Waals surface area (Å²) in [5, 5.41) is 0. The second kappa shape index (κ2) is 10.0. The topological polar surface area (TPSA) is 17.1 Å². The molecule has 2 heteroatoms. The number of rotatable bonds is 9. The Morgan fingerprint density at radius 3 is 2.16 bits per heavy atom. The predicted octanol–water partition coefficient (Wildman–Crippen LogP) is 5.93. The van der Waals surface area contributed by atoms with Gasteiger partial charge >= 0.3 is 0 Å². The molecule has 1 atom stereocenters. The molecule has 1 unspecified atom stereocenters. The Morgan fingerprint density at radius 2 is 1.56 bits per heavy atom. The number of benzene rings is 2. The van der Waals surface area contributed by atoms with E-state index in [1.54, 1.807) is 6.08 Å². The van der Waals surface area contributed by atoms with Crippen LogP contribution < -0.4 is 0 Å². The summed E-state index contributed by atoms with van der Waals surface area (Å²) in [4.78, 5) is 13.4. The lowest BCUT2D eigenvalue weighted by molar-refractivity contribution is -0.115. The third kappa shape index (κ3) is 7.15. The highest BCUT2D eigenvalue weighted by atomic mass is 32.1. The van der Waals surface area contributed by atoms with Crippen molar-refractivity contribution in [1.82, 2.24) is 0 Å². The maximum absolute atomic E-state index is 12.3. The summed E-state index contributed by atoms with van der Waals surface area (Å²) in [6.45, 7) is 4.34. The van der Waals surface area contributed by atoms with Crippen molar-refractivity contribution < 1.29 is 4.79 Å². The van der Waals surface area contributed by atoms with E-state index in [-0.39, 0.29) is 5.78 Å². The summed E-state index contributed by atoms with van der Waals surface area (Å²) in [6.07, 6.45) is 5.78. The number of carbonyl (C=O) groups excluding carboxylic acids is 1. The van der Waals surface area contributed by atoms with Gasteiger partial charge in [-0.05, 0) is 40.3 Å². The fraction of sp³-hybridized carbons (Fsp3) is 0.304. The Hall–Kier alpha value is -2.06. The molecule has 130 valence electrons. The molecule has 0 saturated carbocycles. The molecule has 25 heavy (non-hydrogen) atoms. The summed E-state index contributed by atoms with van der Waals surface area (Å²) in [6, 6.07) is 20.2. The van der Waals surface area contributed by atoms with E-state index in [2.05, 4.69) is 26.0 Å². The second-order valence-corrected chi connectivity index (χ2v) is 7.40. The van der Waals surface area contributed by atoms with Crippen molar-refractivity contribution in [2.75, 3.05) is 0 Å². The lowest BCUT2D eigenvalue weighted by Crippen LogP contribution is -2.17. The molecule has 0 aromatic heterocycles. The van der Waals surface area contributed by atoms with Gasteiger partial charge in [0.15, 0.2) is 5.78 Å². The van der Waals surface area contributed by atoms with Crippen LogP contribution in [0.2, 0.25) is 0 Å². The highest BCUT2D eigenvalue weighted by molar-refractivity contribution is 7.80. The van der Waals surface area contributed by atoms with Gasteiger partial charge in [0.05, 0.1) is 0 Å². The Bertz CT molecular complexity index is 701. The molecule has 0 radical (unpaired) electrons. The molecule has 2 aromatic rings. The van der Waals surface area contributed by atoms with Crippen LogP contribution in [-0.2, 0) is 11.2 Å². The minimum absolute atomic E-state index is 0.171. The molecule has 0 bridgehead atoms. The molecule has 0 spiro atoms. The fourth-order valence-corrected chi connectivity index (χ4v) is 3.19. The van der Waals surface area contributed by atoms with Gasteiger partial charge in [-0.1, -0.05) is 92.8 Å². The SMILES string of the molecule is CC(C)C(CC(=O)/C=C/c1ccccc1)CC(=S)Cc1ccccc1. The third-order valence-electron chi connectivity index (χ3n) is 4.40. The molecule has 0 aliphatic rings.